The Morgan fingerprint density at radius 2 is 1.61 bits per heavy atom. The molecule has 3 aromatic rings. The van der Waals surface area contributed by atoms with Crippen molar-refractivity contribution in [3.8, 4) is 23.1 Å². The van der Waals surface area contributed by atoms with Gasteiger partial charge in [-0.2, -0.15) is 5.10 Å². The van der Waals surface area contributed by atoms with E-state index < -0.39 is 16.4 Å². The van der Waals surface area contributed by atoms with Crippen LogP contribution in [0.2, 0.25) is 0 Å². The van der Waals surface area contributed by atoms with Crippen molar-refractivity contribution in [2.24, 2.45) is 0 Å². The second kappa shape index (κ2) is 12.2. The predicted octanol–water partition coefficient (Wildman–Crippen LogP) is 6.42. The molecule has 0 atom stereocenters. The van der Waals surface area contributed by atoms with Crippen molar-refractivity contribution in [1.82, 2.24) is 9.78 Å². The largest absolute Gasteiger partial charge is 0.490 e. The number of nitro groups is 1. The lowest BCUT2D eigenvalue weighted by atomic mass is 10.1. The van der Waals surface area contributed by atoms with Gasteiger partial charge in [0.15, 0.2) is 11.5 Å². The lowest BCUT2D eigenvalue weighted by Crippen LogP contribution is -2.25. The Labute approximate surface area is 226 Å². The number of hydrogen-bond acceptors (Lipinski definition) is 9. The summed E-state index contributed by atoms with van der Waals surface area (Å²) in [6.45, 7) is 14.2. The van der Waals surface area contributed by atoms with Crippen molar-refractivity contribution in [3.63, 3.8) is 0 Å². The number of esters is 1. The van der Waals surface area contributed by atoms with Gasteiger partial charge in [0.25, 0.3) is 5.69 Å². The van der Waals surface area contributed by atoms with Crippen molar-refractivity contribution < 1.29 is 28.7 Å². The zero-order chi connectivity index (χ0) is 28.0. The van der Waals surface area contributed by atoms with Crippen molar-refractivity contribution in [1.29, 1.82) is 0 Å². The molecule has 0 amide bonds. The van der Waals surface area contributed by atoms with Crippen LogP contribution in [0.1, 0.15) is 57.6 Å². The molecule has 0 aliphatic carbocycles. The molecule has 0 N–H and O–H groups in total. The Balaban J connectivity index is 2.10. The summed E-state index contributed by atoms with van der Waals surface area (Å²) in [6.07, 6.45) is 0. The Hall–Kier alpha value is -3.73. The van der Waals surface area contributed by atoms with Gasteiger partial charge in [-0.15, -0.1) is 0 Å². The number of carbonyl (C=O) groups is 1. The Morgan fingerprint density at radius 3 is 2.13 bits per heavy atom. The maximum atomic E-state index is 13.5. The highest BCUT2D eigenvalue weighted by Gasteiger charge is 2.30. The number of carbonyl (C=O) groups excluding carboxylic acids is 1. The molecule has 10 nitrogen and oxygen atoms in total. The molecule has 1 aromatic heterocycles. The molecule has 11 heteroatoms. The number of aryl methyl sites for hydroxylation is 1. The number of nitro benzene ring substituents is 1. The molecule has 0 aliphatic rings. The van der Waals surface area contributed by atoms with Gasteiger partial charge in [0.05, 0.1) is 51.3 Å². The van der Waals surface area contributed by atoms with Crippen LogP contribution < -0.4 is 18.9 Å². The summed E-state index contributed by atoms with van der Waals surface area (Å²) in [5.74, 6) is 0.665. The first-order valence-corrected chi connectivity index (χ1v) is 13.1. The van der Waals surface area contributed by atoms with Crippen molar-refractivity contribution >= 4 is 23.4 Å². The van der Waals surface area contributed by atoms with E-state index >= 15 is 0 Å². The molecule has 204 valence electrons. The molecule has 0 spiro atoms. The highest BCUT2D eigenvalue weighted by atomic mass is 32.2. The summed E-state index contributed by atoms with van der Waals surface area (Å²) in [5, 5.41) is 16.2. The second-order valence-corrected chi connectivity index (χ2v) is 10.2. The number of aromatic nitrogens is 2. The van der Waals surface area contributed by atoms with E-state index in [1.807, 2.05) is 41.5 Å². The summed E-state index contributed by atoms with van der Waals surface area (Å²) in [4.78, 5) is 25.6. The van der Waals surface area contributed by atoms with Gasteiger partial charge in [-0.3, -0.25) is 10.1 Å². The van der Waals surface area contributed by atoms with Crippen LogP contribution in [-0.4, -0.2) is 40.5 Å². The van der Waals surface area contributed by atoms with E-state index in [0.29, 0.717) is 52.6 Å². The zero-order valence-electron chi connectivity index (χ0n) is 22.7. The first kappa shape index (κ1) is 28.8. The fourth-order valence-corrected chi connectivity index (χ4v) is 4.63. The van der Waals surface area contributed by atoms with E-state index in [2.05, 4.69) is 5.10 Å². The number of para-hydroxylation sites is 1. The van der Waals surface area contributed by atoms with Crippen LogP contribution in [0.4, 0.5) is 5.69 Å². The van der Waals surface area contributed by atoms with Gasteiger partial charge in [0.2, 0.25) is 11.6 Å². The summed E-state index contributed by atoms with van der Waals surface area (Å²) in [7, 11) is 0. The molecule has 0 fully saturated rings. The van der Waals surface area contributed by atoms with E-state index in [0.717, 1.165) is 11.8 Å². The highest BCUT2D eigenvalue weighted by Crippen LogP contribution is 2.44. The minimum Gasteiger partial charge on any atom is -0.490 e. The molecule has 38 heavy (non-hydrogen) atoms. The number of benzene rings is 2. The fraction of sp³-hybridized carbons (Fsp3) is 0.407. The lowest BCUT2D eigenvalue weighted by Gasteiger charge is -2.22. The first-order chi connectivity index (χ1) is 18.0. The molecule has 0 radical (unpaired) electrons. The first-order valence-electron chi connectivity index (χ1n) is 12.3. The fourth-order valence-electron chi connectivity index (χ4n) is 3.61. The van der Waals surface area contributed by atoms with Gasteiger partial charge in [-0.25, -0.2) is 9.48 Å². The van der Waals surface area contributed by atoms with Crippen LogP contribution in [-0.2, 0) is 5.54 Å². The van der Waals surface area contributed by atoms with Gasteiger partial charge in [-0.1, -0.05) is 23.9 Å². The molecular formula is C27H33N3O7S. The number of ether oxygens (including phenoxy) is 4. The van der Waals surface area contributed by atoms with Gasteiger partial charge >= 0.3 is 5.97 Å². The average Bonchev–Trinajstić information content (AvgIpc) is 3.16. The number of nitrogens with zero attached hydrogens (tertiary/aromatic N) is 3. The van der Waals surface area contributed by atoms with Crippen LogP contribution in [0, 0.1) is 17.0 Å². The second-order valence-electron chi connectivity index (χ2n) is 9.12. The maximum absolute atomic E-state index is 13.5. The third kappa shape index (κ3) is 6.39. The van der Waals surface area contributed by atoms with Gasteiger partial charge in [0.1, 0.15) is 0 Å². The van der Waals surface area contributed by atoms with E-state index in [4.69, 9.17) is 18.9 Å². The van der Waals surface area contributed by atoms with Crippen LogP contribution in [0.15, 0.2) is 46.2 Å². The number of hydrogen-bond donors (Lipinski definition) is 0. The third-order valence-electron chi connectivity index (χ3n) is 5.21. The predicted molar refractivity (Wildman–Crippen MR) is 144 cm³/mol. The molecule has 0 aliphatic heterocycles. The van der Waals surface area contributed by atoms with Crippen molar-refractivity contribution in [2.75, 3.05) is 19.8 Å². The van der Waals surface area contributed by atoms with Crippen LogP contribution in [0.3, 0.4) is 0 Å². The monoisotopic (exact) mass is 543 g/mol. The zero-order valence-corrected chi connectivity index (χ0v) is 23.5. The molecule has 0 bridgehead atoms. The summed E-state index contributed by atoms with van der Waals surface area (Å²) in [5.41, 5.74) is 0.170. The quantitative estimate of drug-likeness (QED) is 0.153. The normalized spacial score (nSPS) is 11.2. The molecule has 1 heterocycles. The molecule has 3 rings (SSSR count). The highest BCUT2D eigenvalue weighted by molar-refractivity contribution is 7.99. The third-order valence-corrected chi connectivity index (χ3v) is 6.45. The van der Waals surface area contributed by atoms with E-state index in [-0.39, 0.29) is 17.1 Å². The Kier molecular flexibility index (Phi) is 9.26. The molecule has 0 saturated carbocycles. The minimum absolute atomic E-state index is 0.0492. The van der Waals surface area contributed by atoms with Crippen LogP contribution >= 0.6 is 11.8 Å². The minimum atomic E-state index is -0.662. The topological polar surface area (TPSA) is 115 Å². The lowest BCUT2D eigenvalue weighted by molar-refractivity contribution is -0.387. The SMILES string of the molecule is CCOc1cc(C(=O)Oc2c(Sc3ccccc3[N+](=O)[O-])c(C)nn2C(C)(C)C)cc(OCC)c1OCC. The van der Waals surface area contributed by atoms with Crippen LogP contribution in [0.25, 0.3) is 0 Å². The van der Waals surface area contributed by atoms with E-state index in [1.165, 1.54) is 6.07 Å². The number of rotatable bonds is 11. The van der Waals surface area contributed by atoms with E-state index in [1.54, 1.807) is 41.9 Å². The smallest absolute Gasteiger partial charge is 0.345 e. The summed E-state index contributed by atoms with van der Waals surface area (Å²) >= 11 is 1.13. The van der Waals surface area contributed by atoms with Gasteiger partial charge in [-0.05, 0) is 66.7 Å². The van der Waals surface area contributed by atoms with Crippen molar-refractivity contribution in [2.45, 2.75) is 63.8 Å². The standard InChI is InChI=1S/C27H33N3O7S/c1-8-34-20-15-18(16-21(35-9-2)23(20)36-10-3)26(31)37-25-24(17(4)28-29(25)27(5,6)7)38-22-14-12-11-13-19(22)30(32)33/h11-16H,8-10H2,1-7H3. The Morgan fingerprint density at radius 1 is 1.03 bits per heavy atom. The van der Waals surface area contributed by atoms with Crippen molar-refractivity contribution in [3.05, 3.63) is 57.8 Å². The van der Waals surface area contributed by atoms with E-state index in [9.17, 15) is 14.9 Å². The maximum Gasteiger partial charge on any atom is 0.345 e. The van der Waals surface area contributed by atoms with Gasteiger partial charge in [0, 0.05) is 6.07 Å². The molecule has 0 unspecified atom stereocenters. The van der Waals surface area contributed by atoms with Gasteiger partial charge < -0.3 is 18.9 Å². The van der Waals surface area contributed by atoms with Crippen LogP contribution in [0.5, 0.6) is 23.1 Å². The summed E-state index contributed by atoms with van der Waals surface area (Å²) in [6, 6.07) is 9.51. The molecule has 2 aromatic carbocycles. The Bertz CT molecular complexity index is 1290. The molecular weight excluding hydrogens is 510 g/mol. The average molecular weight is 544 g/mol. The molecule has 0 saturated heterocycles. The summed E-state index contributed by atoms with van der Waals surface area (Å²) < 4.78 is 24.8.